The molecule has 1 fully saturated rings. The van der Waals surface area contributed by atoms with E-state index in [-0.39, 0.29) is 23.4 Å². The number of aryl methyl sites for hydroxylation is 1. The predicted octanol–water partition coefficient (Wildman–Crippen LogP) is 5.78. The van der Waals surface area contributed by atoms with E-state index in [1.165, 1.54) is 0 Å². The first kappa shape index (κ1) is 26.2. The van der Waals surface area contributed by atoms with Gasteiger partial charge in [0.05, 0.1) is 17.4 Å². The molecular weight excluding hydrogens is 412 g/mol. The van der Waals surface area contributed by atoms with Crippen molar-refractivity contribution in [2.45, 2.75) is 89.1 Å². The Balaban J connectivity index is 2.10. The van der Waals surface area contributed by atoms with Gasteiger partial charge in [0.1, 0.15) is 12.2 Å². The summed E-state index contributed by atoms with van der Waals surface area (Å²) in [5.41, 5.74) is 1.27. The van der Waals surface area contributed by atoms with E-state index in [0.29, 0.717) is 25.4 Å². The van der Waals surface area contributed by atoms with Crippen LogP contribution in [0.25, 0.3) is 0 Å². The Kier molecular flexibility index (Phi) is 12.6. The quantitative estimate of drug-likeness (QED) is 0.248. The molecular formula is C25H40O5S. The normalized spacial score (nSPS) is 23.2. The predicted molar refractivity (Wildman–Crippen MR) is 127 cm³/mol. The number of rotatable bonds is 15. The van der Waals surface area contributed by atoms with Gasteiger partial charge in [0.15, 0.2) is 5.44 Å². The van der Waals surface area contributed by atoms with Crippen LogP contribution >= 0.6 is 11.8 Å². The molecule has 0 aromatic heterocycles. The molecule has 0 saturated carbocycles. The van der Waals surface area contributed by atoms with E-state index in [1.54, 1.807) is 11.8 Å². The molecule has 1 heterocycles. The summed E-state index contributed by atoms with van der Waals surface area (Å²) in [5.74, 6) is -0.318. The zero-order valence-corrected chi connectivity index (χ0v) is 20.5. The third kappa shape index (κ3) is 8.76. The Morgan fingerprint density at radius 3 is 2.06 bits per heavy atom. The lowest BCUT2D eigenvalue weighted by molar-refractivity contribution is -0.0998. The van der Waals surface area contributed by atoms with Crippen molar-refractivity contribution >= 4 is 17.7 Å². The van der Waals surface area contributed by atoms with Gasteiger partial charge in [-0.15, -0.1) is 11.8 Å². The number of ether oxygens (including phenoxy) is 4. The molecule has 1 unspecified atom stereocenters. The van der Waals surface area contributed by atoms with E-state index in [1.807, 2.05) is 31.2 Å². The topological polar surface area (TPSA) is 54.0 Å². The average molecular weight is 453 g/mol. The summed E-state index contributed by atoms with van der Waals surface area (Å²) in [6.07, 6.45) is 5.81. The van der Waals surface area contributed by atoms with Gasteiger partial charge in [-0.1, -0.05) is 57.7 Å². The highest BCUT2D eigenvalue weighted by atomic mass is 32.2. The van der Waals surface area contributed by atoms with E-state index in [9.17, 15) is 4.79 Å². The molecule has 4 atom stereocenters. The van der Waals surface area contributed by atoms with Crippen molar-refractivity contribution in [3.8, 4) is 0 Å². The lowest BCUT2D eigenvalue weighted by atomic mass is 10.1. The number of thioether (sulfide) groups is 1. The molecule has 1 saturated heterocycles. The number of carbonyl (C=O) groups excluding carboxylic acids is 1. The fourth-order valence-corrected chi connectivity index (χ4v) is 4.77. The van der Waals surface area contributed by atoms with Crippen molar-refractivity contribution in [2.75, 3.05) is 26.4 Å². The first-order valence-corrected chi connectivity index (χ1v) is 12.8. The summed E-state index contributed by atoms with van der Waals surface area (Å²) >= 11 is 1.61. The van der Waals surface area contributed by atoms with Crippen molar-refractivity contribution in [1.82, 2.24) is 0 Å². The minimum atomic E-state index is -0.405. The maximum absolute atomic E-state index is 12.8. The third-order valence-corrected chi connectivity index (χ3v) is 6.71. The highest BCUT2D eigenvalue weighted by molar-refractivity contribution is 8.00. The average Bonchev–Trinajstić information content (AvgIpc) is 3.08. The Labute approximate surface area is 192 Å². The van der Waals surface area contributed by atoms with Crippen molar-refractivity contribution in [2.24, 2.45) is 0 Å². The molecule has 1 aliphatic heterocycles. The van der Waals surface area contributed by atoms with Crippen LogP contribution in [0.4, 0.5) is 0 Å². The fraction of sp³-hybridized carbons (Fsp3) is 0.720. The number of hydrogen-bond donors (Lipinski definition) is 0. The SMILES string of the molecule is CCCCOC[C@H]1SC(OC(=O)c2ccc(C)cc2)[C@H](OCCCC)[C@@H]1OCCCC. The summed E-state index contributed by atoms with van der Waals surface area (Å²) in [7, 11) is 0. The van der Waals surface area contributed by atoms with E-state index >= 15 is 0 Å². The summed E-state index contributed by atoms with van der Waals surface area (Å²) in [4.78, 5) is 12.8. The second-order valence-electron chi connectivity index (χ2n) is 8.12. The van der Waals surface area contributed by atoms with E-state index in [0.717, 1.165) is 50.7 Å². The summed E-state index contributed by atoms with van der Waals surface area (Å²) < 4.78 is 24.4. The summed E-state index contributed by atoms with van der Waals surface area (Å²) in [6.45, 7) is 11.1. The van der Waals surface area contributed by atoms with Gasteiger partial charge < -0.3 is 18.9 Å². The number of esters is 1. The lowest BCUT2D eigenvalue weighted by Crippen LogP contribution is -2.40. The fourth-order valence-electron chi connectivity index (χ4n) is 3.33. The van der Waals surface area contributed by atoms with Crippen LogP contribution in [0.15, 0.2) is 24.3 Å². The van der Waals surface area contributed by atoms with Gasteiger partial charge in [0, 0.05) is 19.8 Å². The van der Waals surface area contributed by atoms with Gasteiger partial charge >= 0.3 is 5.97 Å². The largest absolute Gasteiger partial charge is 0.445 e. The number of hydrogen-bond acceptors (Lipinski definition) is 6. The minimum Gasteiger partial charge on any atom is -0.445 e. The van der Waals surface area contributed by atoms with Crippen LogP contribution < -0.4 is 0 Å². The van der Waals surface area contributed by atoms with Gasteiger partial charge in [-0.25, -0.2) is 4.79 Å². The monoisotopic (exact) mass is 452 g/mol. The Hall–Kier alpha value is -1.08. The summed E-state index contributed by atoms with van der Waals surface area (Å²) in [5, 5.41) is 0.0798. The second kappa shape index (κ2) is 14.9. The first-order chi connectivity index (χ1) is 15.1. The zero-order valence-electron chi connectivity index (χ0n) is 19.6. The minimum absolute atomic E-state index is 0.0798. The van der Waals surface area contributed by atoms with Gasteiger partial charge in [-0.05, 0) is 38.3 Å². The highest BCUT2D eigenvalue weighted by Crippen LogP contribution is 2.39. The smallest absolute Gasteiger partial charge is 0.339 e. The maximum Gasteiger partial charge on any atom is 0.339 e. The molecule has 31 heavy (non-hydrogen) atoms. The van der Waals surface area contributed by atoms with Crippen LogP contribution in [-0.4, -0.2) is 55.3 Å². The van der Waals surface area contributed by atoms with Crippen LogP contribution in [0.5, 0.6) is 0 Å². The van der Waals surface area contributed by atoms with Crippen LogP contribution in [0.2, 0.25) is 0 Å². The second-order valence-corrected chi connectivity index (χ2v) is 9.46. The molecule has 0 bridgehead atoms. The third-order valence-electron chi connectivity index (χ3n) is 5.32. The first-order valence-electron chi connectivity index (χ1n) is 11.8. The van der Waals surface area contributed by atoms with E-state index < -0.39 is 5.44 Å². The van der Waals surface area contributed by atoms with Gasteiger partial charge in [-0.3, -0.25) is 0 Å². The van der Waals surface area contributed by atoms with Gasteiger partial charge in [0.25, 0.3) is 0 Å². The molecule has 0 N–H and O–H groups in total. The van der Waals surface area contributed by atoms with Crippen molar-refractivity contribution in [3.05, 3.63) is 35.4 Å². The molecule has 6 heteroatoms. The molecule has 1 aliphatic rings. The number of unbranched alkanes of at least 4 members (excludes halogenated alkanes) is 3. The molecule has 0 radical (unpaired) electrons. The van der Waals surface area contributed by atoms with Gasteiger partial charge in [0.2, 0.25) is 0 Å². The molecule has 1 aromatic carbocycles. The van der Waals surface area contributed by atoms with Crippen molar-refractivity contribution < 1.29 is 23.7 Å². The lowest BCUT2D eigenvalue weighted by Gasteiger charge is -2.26. The highest BCUT2D eigenvalue weighted by Gasteiger charge is 2.48. The van der Waals surface area contributed by atoms with Crippen LogP contribution in [0.3, 0.4) is 0 Å². The summed E-state index contributed by atoms with van der Waals surface area (Å²) in [6, 6.07) is 7.47. The molecule has 5 nitrogen and oxygen atoms in total. The van der Waals surface area contributed by atoms with Crippen molar-refractivity contribution in [3.63, 3.8) is 0 Å². The molecule has 1 aromatic rings. The molecule has 176 valence electrons. The van der Waals surface area contributed by atoms with Crippen LogP contribution in [0.1, 0.15) is 75.2 Å². The Morgan fingerprint density at radius 1 is 0.871 bits per heavy atom. The van der Waals surface area contributed by atoms with E-state index in [2.05, 4.69) is 20.8 Å². The van der Waals surface area contributed by atoms with E-state index in [4.69, 9.17) is 18.9 Å². The standard InChI is InChI=1S/C25H40O5S/c1-5-8-15-27-18-21-22(28-16-9-6-2)23(29-17-10-7-3)25(31-21)30-24(26)20-13-11-19(4)12-14-20/h11-14,21-23,25H,5-10,15-18H2,1-4H3/t21-,22-,23-,25?/m1/s1. The zero-order chi connectivity index (χ0) is 22.5. The van der Waals surface area contributed by atoms with Crippen LogP contribution in [-0.2, 0) is 18.9 Å². The van der Waals surface area contributed by atoms with Crippen LogP contribution in [0, 0.1) is 6.92 Å². The number of carbonyl (C=O) groups is 1. The van der Waals surface area contributed by atoms with Gasteiger partial charge in [-0.2, -0.15) is 0 Å². The molecule has 0 amide bonds. The maximum atomic E-state index is 12.8. The molecule has 0 spiro atoms. The number of benzene rings is 1. The van der Waals surface area contributed by atoms with Crippen molar-refractivity contribution in [1.29, 1.82) is 0 Å². The molecule has 0 aliphatic carbocycles. The Bertz CT molecular complexity index is 621. The Morgan fingerprint density at radius 2 is 1.45 bits per heavy atom. The molecule has 2 rings (SSSR count).